The Balaban J connectivity index is 2.39. The topological polar surface area (TPSA) is 61.4 Å². The van der Waals surface area contributed by atoms with E-state index < -0.39 is 11.8 Å². The maximum absolute atomic E-state index is 11.8. The van der Waals surface area contributed by atoms with E-state index in [4.69, 9.17) is 11.6 Å². The zero-order valence-corrected chi connectivity index (χ0v) is 14.2. The molecular formula is C16H24ClN3O2. The SMILES string of the molecule is CCN(CC)CCCNC(=O)C(=O)Nc1cccc(Cl)c1C. The van der Waals surface area contributed by atoms with Crippen molar-refractivity contribution in [3.63, 3.8) is 0 Å². The van der Waals surface area contributed by atoms with Crippen molar-refractivity contribution in [2.24, 2.45) is 0 Å². The predicted octanol–water partition coefficient (Wildman–Crippen LogP) is 2.44. The molecule has 22 heavy (non-hydrogen) atoms. The van der Waals surface area contributed by atoms with Crippen molar-refractivity contribution in [1.82, 2.24) is 10.2 Å². The highest BCUT2D eigenvalue weighted by Gasteiger charge is 2.14. The quantitative estimate of drug-likeness (QED) is 0.598. The maximum Gasteiger partial charge on any atom is 0.313 e. The highest BCUT2D eigenvalue weighted by Crippen LogP contribution is 2.22. The Morgan fingerprint density at radius 1 is 1.18 bits per heavy atom. The van der Waals surface area contributed by atoms with Crippen LogP contribution in [0.5, 0.6) is 0 Å². The first kappa shape index (κ1) is 18.5. The van der Waals surface area contributed by atoms with Crippen LogP contribution in [0.1, 0.15) is 25.8 Å². The van der Waals surface area contributed by atoms with E-state index in [1.165, 1.54) is 0 Å². The number of rotatable bonds is 7. The van der Waals surface area contributed by atoms with Crippen LogP contribution in [0.15, 0.2) is 18.2 Å². The Bertz CT molecular complexity index is 516. The number of benzene rings is 1. The van der Waals surface area contributed by atoms with E-state index in [2.05, 4.69) is 29.4 Å². The van der Waals surface area contributed by atoms with Gasteiger partial charge in [0.2, 0.25) is 0 Å². The molecule has 5 nitrogen and oxygen atoms in total. The molecule has 0 aliphatic carbocycles. The minimum Gasteiger partial charge on any atom is -0.348 e. The van der Waals surface area contributed by atoms with Gasteiger partial charge in [0.1, 0.15) is 0 Å². The van der Waals surface area contributed by atoms with Crippen LogP contribution in [0.4, 0.5) is 5.69 Å². The first-order valence-electron chi connectivity index (χ1n) is 7.56. The van der Waals surface area contributed by atoms with E-state index in [9.17, 15) is 9.59 Å². The highest BCUT2D eigenvalue weighted by atomic mass is 35.5. The van der Waals surface area contributed by atoms with Crippen LogP contribution in [0.3, 0.4) is 0 Å². The fourth-order valence-electron chi connectivity index (χ4n) is 2.05. The van der Waals surface area contributed by atoms with E-state index >= 15 is 0 Å². The van der Waals surface area contributed by atoms with E-state index in [-0.39, 0.29) is 0 Å². The number of nitrogens with zero attached hydrogens (tertiary/aromatic N) is 1. The summed E-state index contributed by atoms with van der Waals surface area (Å²) in [5, 5.41) is 5.76. The summed E-state index contributed by atoms with van der Waals surface area (Å²) in [7, 11) is 0. The molecule has 1 aromatic rings. The van der Waals surface area contributed by atoms with Crippen molar-refractivity contribution < 1.29 is 9.59 Å². The molecule has 2 N–H and O–H groups in total. The van der Waals surface area contributed by atoms with Gasteiger partial charge in [-0.3, -0.25) is 9.59 Å². The number of carbonyl (C=O) groups is 2. The second-order valence-electron chi connectivity index (χ2n) is 5.00. The van der Waals surface area contributed by atoms with Crippen molar-refractivity contribution in [2.75, 3.05) is 31.5 Å². The Morgan fingerprint density at radius 2 is 1.86 bits per heavy atom. The van der Waals surface area contributed by atoms with E-state index in [0.717, 1.165) is 31.6 Å². The lowest BCUT2D eigenvalue weighted by Crippen LogP contribution is -2.37. The summed E-state index contributed by atoms with van der Waals surface area (Å²) in [5.74, 6) is -1.30. The molecular weight excluding hydrogens is 302 g/mol. The van der Waals surface area contributed by atoms with E-state index in [1.54, 1.807) is 25.1 Å². The van der Waals surface area contributed by atoms with Crippen LogP contribution < -0.4 is 10.6 Å². The van der Waals surface area contributed by atoms with Gasteiger partial charge in [0.05, 0.1) is 0 Å². The molecule has 0 aliphatic heterocycles. The van der Waals surface area contributed by atoms with Crippen LogP contribution in [0, 0.1) is 6.92 Å². The Hall–Kier alpha value is -1.59. The molecule has 0 unspecified atom stereocenters. The number of hydrogen-bond donors (Lipinski definition) is 2. The fourth-order valence-corrected chi connectivity index (χ4v) is 2.22. The number of anilines is 1. The average molecular weight is 326 g/mol. The smallest absolute Gasteiger partial charge is 0.313 e. The molecule has 2 amide bonds. The molecule has 0 radical (unpaired) electrons. The molecule has 122 valence electrons. The standard InChI is InChI=1S/C16H24ClN3O2/c1-4-20(5-2)11-7-10-18-15(21)16(22)19-14-9-6-8-13(17)12(14)3/h6,8-9H,4-5,7,10-11H2,1-3H3,(H,18,21)(H,19,22). The molecule has 6 heteroatoms. The molecule has 0 aromatic heterocycles. The van der Waals surface area contributed by atoms with Crippen LogP contribution >= 0.6 is 11.6 Å². The summed E-state index contributed by atoms with van der Waals surface area (Å²) < 4.78 is 0. The van der Waals surface area contributed by atoms with Gasteiger partial charge in [-0.1, -0.05) is 31.5 Å². The normalized spacial score (nSPS) is 10.6. The number of nitrogens with one attached hydrogen (secondary N) is 2. The first-order chi connectivity index (χ1) is 10.5. The lowest BCUT2D eigenvalue weighted by atomic mass is 10.2. The minimum absolute atomic E-state index is 0.483. The molecule has 0 saturated heterocycles. The maximum atomic E-state index is 11.8. The summed E-state index contributed by atoms with van der Waals surface area (Å²) in [4.78, 5) is 25.9. The summed E-state index contributed by atoms with van der Waals surface area (Å²) in [6.07, 6.45) is 0.816. The van der Waals surface area contributed by atoms with Crippen molar-refractivity contribution in [2.45, 2.75) is 27.2 Å². The third-order valence-electron chi connectivity index (χ3n) is 3.55. The van der Waals surface area contributed by atoms with Gasteiger partial charge < -0.3 is 15.5 Å². The van der Waals surface area contributed by atoms with E-state index in [0.29, 0.717) is 17.3 Å². The summed E-state index contributed by atoms with van der Waals surface area (Å²) >= 11 is 5.98. The Kier molecular flexibility index (Phi) is 7.91. The molecule has 0 fully saturated rings. The summed E-state index contributed by atoms with van der Waals surface area (Å²) in [6.45, 7) is 9.35. The monoisotopic (exact) mass is 325 g/mol. The zero-order chi connectivity index (χ0) is 16.5. The van der Waals surface area contributed by atoms with Crippen LogP contribution in [0.25, 0.3) is 0 Å². The van der Waals surface area contributed by atoms with Crippen LogP contribution in [0.2, 0.25) is 5.02 Å². The molecule has 0 spiro atoms. The molecule has 0 saturated carbocycles. The summed E-state index contributed by atoms with van der Waals surface area (Å²) in [6, 6.07) is 5.18. The van der Waals surface area contributed by atoms with Crippen molar-refractivity contribution in [1.29, 1.82) is 0 Å². The Labute approximate surface area is 137 Å². The summed E-state index contributed by atoms with van der Waals surface area (Å²) in [5.41, 5.74) is 1.29. The molecule has 0 heterocycles. The number of hydrogen-bond acceptors (Lipinski definition) is 3. The second-order valence-corrected chi connectivity index (χ2v) is 5.41. The van der Waals surface area contributed by atoms with Gasteiger partial charge in [0.25, 0.3) is 0 Å². The van der Waals surface area contributed by atoms with Gasteiger partial charge >= 0.3 is 11.8 Å². The number of halogens is 1. The zero-order valence-electron chi connectivity index (χ0n) is 13.4. The van der Waals surface area contributed by atoms with Gasteiger partial charge in [-0.05, 0) is 50.7 Å². The van der Waals surface area contributed by atoms with Crippen molar-refractivity contribution >= 4 is 29.1 Å². The van der Waals surface area contributed by atoms with Crippen molar-refractivity contribution in [3.05, 3.63) is 28.8 Å². The highest BCUT2D eigenvalue weighted by molar-refractivity contribution is 6.40. The predicted molar refractivity (Wildman–Crippen MR) is 90.2 cm³/mol. The third kappa shape index (κ3) is 5.66. The third-order valence-corrected chi connectivity index (χ3v) is 3.96. The fraction of sp³-hybridized carbons (Fsp3) is 0.500. The Morgan fingerprint density at radius 3 is 2.50 bits per heavy atom. The van der Waals surface area contributed by atoms with Gasteiger partial charge in [0.15, 0.2) is 0 Å². The van der Waals surface area contributed by atoms with E-state index in [1.807, 2.05) is 0 Å². The van der Waals surface area contributed by atoms with Crippen molar-refractivity contribution in [3.8, 4) is 0 Å². The number of amides is 2. The lowest BCUT2D eigenvalue weighted by molar-refractivity contribution is -0.136. The molecule has 0 bridgehead atoms. The van der Waals surface area contributed by atoms with Crippen LogP contribution in [-0.2, 0) is 9.59 Å². The number of carbonyl (C=O) groups excluding carboxylic acids is 2. The van der Waals surface area contributed by atoms with Gasteiger partial charge in [-0.25, -0.2) is 0 Å². The average Bonchev–Trinajstić information content (AvgIpc) is 2.51. The largest absolute Gasteiger partial charge is 0.348 e. The lowest BCUT2D eigenvalue weighted by Gasteiger charge is -2.17. The first-order valence-corrected chi connectivity index (χ1v) is 7.94. The molecule has 0 aliphatic rings. The molecule has 1 aromatic carbocycles. The minimum atomic E-state index is -0.673. The van der Waals surface area contributed by atoms with Gasteiger partial charge in [-0.2, -0.15) is 0 Å². The van der Waals surface area contributed by atoms with Crippen LogP contribution in [-0.4, -0.2) is 42.9 Å². The van der Waals surface area contributed by atoms with Gasteiger partial charge in [0, 0.05) is 17.3 Å². The molecule has 0 atom stereocenters. The molecule has 1 rings (SSSR count). The van der Waals surface area contributed by atoms with Gasteiger partial charge in [-0.15, -0.1) is 0 Å². The second kappa shape index (κ2) is 9.43.